The average Bonchev–Trinajstić information content (AvgIpc) is 2.87. The molecule has 0 bridgehead atoms. The lowest BCUT2D eigenvalue weighted by Crippen LogP contribution is -2.40. The van der Waals surface area contributed by atoms with Crippen LogP contribution in [-0.4, -0.2) is 35.0 Å². The van der Waals surface area contributed by atoms with E-state index < -0.39 is 22.4 Å². The Hall–Kier alpha value is -3.62. The standard InChI is InChI=1S/C20H19N3O6/c1-20(14-6-7-16-17(11-14)29-9-3-8-28-16)18(24)22(19(25)21-20)12-13-4-2-5-15(10-13)23(26)27/h2,4-7,10-11H,3,8-9,12H2,1H3,(H,21,25)/t20-/m1/s1. The van der Waals surface area contributed by atoms with Crippen molar-refractivity contribution in [1.82, 2.24) is 10.2 Å². The van der Waals surface area contributed by atoms with Gasteiger partial charge in [0.05, 0.1) is 24.7 Å². The molecule has 0 unspecified atom stereocenters. The van der Waals surface area contributed by atoms with Crippen molar-refractivity contribution in [2.24, 2.45) is 0 Å². The smallest absolute Gasteiger partial charge is 0.325 e. The molecule has 0 aromatic heterocycles. The number of ether oxygens (including phenoxy) is 2. The average molecular weight is 397 g/mol. The predicted octanol–water partition coefficient (Wildman–Crippen LogP) is 2.72. The van der Waals surface area contributed by atoms with E-state index in [0.29, 0.717) is 35.8 Å². The van der Waals surface area contributed by atoms with E-state index in [2.05, 4.69) is 5.32 Å². The highest BCUT2D eigenvalue weighted by Crippen LogP contribution is 2.37. The molecule has 1 atom stereocenters. The van der Waals surface area contributed by atoms with Gasteiger partial charge in [0.25, 0.3) is 11.6 Å². The van der Waals surface area contributed by atoms with E-state index in [1.54, 1.807) is 31.2 Å². The molecule has 9 heteroatoms. The van der Waals surface area contributed by atoms with Gasteiger partial charge in [0.1, 0.15) is 5.54 Å². The van der Waals surface area contributed by atoms with Crippen LogP contribution in [0.25, 0.3) is 0 Å². The van der Waals surface area contributed by atoms with Crippen molar-refractivity contribution in [1.29, 1.82) is 0 Å². The zero-order valence-electron chi connectivity index (χ0n) is 15.7. The highest BCUT2D eigenvalue weighted by Gasteiger charge is 2.49. The van der Waals surface area contributed by atoms with Crippen LogP contribution in [0.5, 0.6) is 11.5 Å². The van der Waals surface area contributed by atoms with E-state index >= 15 is 0 Å². The number of rotatable bonds is 4. The summed E-state index contributed by atoms with van der Waals surface area (Å²) in [6.07, 6.45) is 0.758. The number of fused-ring (bicyclic) bond motifs is 1. The van der Waals surface area contributed by atoms with Crippen molar-refractivity contribution in [2.75, 3.05) is 13.2 Å². The monoisotopic (exact) mass is 397 g/mol. The maximum absolute atomic E-state index is 13.1. The van der Waals surface area contributed by atoms with Crippen molar-refractivity contribution < 1.29 is 24.0 Å². The zero-order valence-corrected chi connectivity index (χ0v) is 15.7. The van der Waals surface area contributed by atoms with Gasteiger partial charge >= 0.3 is 6.03 Å². The van der Waals surface area contributed by atoms with Gasteiger partial charge in [-0.25, -0.2) is 4.79 Å². The molecule has 3 amide bonds. The van der Waals surface area contributed by atoms with Gasteiger partial charge < -0.3 is 14.8 Å². The molecule has 2 aliphatic heterocycles. The maximum atomic E-state index is 13.1. The minimum absolute atomic E-state index is 0.0630. The number of urea groups is 1. The van der Waals surface area contributed by atoms with E-state index in [4.69, 9.17) is 9.47 Å². The number of benzene rings is 2. The molecule has 2 heterocycles. The normalized spacial score (nSPS) is 20.9. The van der Waals surface area contributed by atoms with Crippen LogP contribution >= 0.6 is 0 Å². The summed E-state index contributed by atoms with van der Waals surface area (Å²) in [4.78, 5) is 37.2. The summed E-state index contributed by atoms with van der Waals surface area (Å²) in [6, 6.07) is 10.5. The van der Waals surface area contributed by atoms with Crippen LogP contribution in [0, 0.1) is 10.1 Å². The van der Waals surface area contributed by atoms with Gasteiger partial charge in [0.15, 0.2) is 11.5 Å². The number of hydrogen-bond acceptors (Lipinski definition) is 6. The number of hydrogen-bond donors (Lipinski definition) is 1. The minimum Gasteiger partial charge on any atom is -0.490 e. The van der Waals surface area contributed by atoms with Crippen molar-refractivity contribution in [3.63, 3.8) is 0 Å². The summed E-state index contributed by atoms with van der Waals surface area (Å²) in [6.45, 7) is 2.62. The molecule has 1 saturated heterocycles. The van der Waals surface area contributed by atoms with Crippen LogP contribution in [0.2, 0.25) is 0 Å². The molecule has 0 spiro atoms. The Morgan fingerprint density at radius 3 is 2.66 bits per heavy atom. The topological polar surface area (TPSA) is 111 Å². The number of nitro benzene ring substituents is 1. The molecular weight excluding hydrogens is 378 g/mol. The number of imide groups is 1. The van der Waals surface area contributed by atoms with E-state index in [1.807, 2.05) is 0 Å². The third-order valence-corrected chi connectivity index (χ3v) is 5.06. The number of nitrogens with zero attached hydrogens (tertiary/aromatic N) is 2. The lowest BCUT2D eigenvalue weighted by Gasteiger charge is -2.23. The molecule has 1 fully saturated rings. The highest BCUT2D eigenvalue weighted by molar-refractivity contribution is 6.07. The second-order valence-corrected chi connectivity index (χ2v) is 7.09. The second kappa shape index (κ2) is 7.08. The van der Waals surface area contributed by atoms with Crippen molar-refractivity contribution in [3.8, 4) is 11.5 Å². The number of amides is 3. The third-order valence-electron chi connectivity index (χ3n) is 5.06. The fourth-order valence-corrected chi connectivity index (χ4v) is 3.46. The molecule has 1 N–H and O–H groups in total. The third kappa shape index (κ3) is 3.35. The number of non-ortho nitro benzene ring substituents is 1. The molecule has 150 valence electrons. The van der Waals surface area contributed by atoms with Crippen LogP contribution in [0.4, 0.5) is 10.5 Å². The first-order chi connectivity index (χ1) is 13.9. The van der Waals surface area contributed by atoms with Crippen molar-refractivity contribution in [2.45, 2.75) is 25.4 Å². The fraction of sp³-hybridized carbons (Fsp3) is 0.300. The van der Waals surface area contributed by atoms with E-state index in [1.165, 1.54) is 18.2 Å². The van der Waals surface area contributed by atoms with Crippen LogP contribution in [0.15, 0.2) is 42.5 Å². The Morgan fingerprint density at radius 1 is 1.14 bits per heavy atom. The van der Waals surface area contributed by atoms with Crippen LogP contribution in [0.1, 0.15) is 24.5 Å². The Balaban J connectivity index is 1.61. The van der Waals surface area contributed by atoms with Gasteiger partial charge in [-0.05, 0) is 30.2 Å². The first-order valence-corrected chi connectivity index (χ1v) is 9.16. The predicted molar refractivity (Wildman–Crippen MR) is 102 cm³/mol. The summed E-state index contributed by atoms with van der Waals surface area (Å²) in [5, 5.41) is 13.7. The van der Waals surface area contributed by atoms with Gasteiger partial charge in [-0.15, -0.1) is 0 Å². The Bertz CT molecular complexity index is 1010. The molecule has 29 heavy (non-hydrogen) atoms. The van der Waals surface area contributed by atoms with Gasteiger partial charge in [0, 0.05) is 18.6 Å². The van der Waals surface area contributed by atoms with Crippen molar-refractivity contribution in [3.05, 3.63) is 63.7 Å². The molecule has 2 aliphatic rings. The summed E-state index contributed by atoms with van der Waals surface area (Å²) in [5.41, 5.74) is -0.310. The molecule has 2 aromatic carbocycles. The van der Waals surface area contributed by atoms with Gasteiger partial charge in [-0.3, -0.25) is 19.8 Å². The molecule has 4 rings (SSSR count). The number of carbonyl (C=O) groups is 2. The van der Waals surface area contributed by atoms with E-state index in [-0.39, 0.29) is 12.2 Å². The molecule has 0 aliphatic carbocycles. The molecule has 9 nitrogen and oxygen atoms in total. The first-order valence-electron chi connectivity index (χ1n) is 9.16. The summed E-state index contributed by atoms with van der Waals surface area (Å²) < 4.78 is 11.3. The second-order valence-electron chi connectivity index (χ2n) is 7.09. The lowest BCUT2D eigenvalue weighted by molar-refractivity contribution is -0.384. The Kier molecular flexibility index (Phi) is 4.57. The van der Waals surface area contributed by atoms with E-state index in [0.717, 1.165) is 11.3 Å². The number of nitro groups is 1. The molecule has 0 saturated carbocycles. The number of nitrogens with one attached hydrogen (secondary N) is 1. The van der Waals surface area contributed by atoms with E-state index in [9.17, 15) is 19.7 Å². The lowest BCUT2D eigenvalue weighted by atomic mass is 9.91. The molecule has 0 radical (unpaired) electrons. The maximum Gasteiger partial charge on any atom is 0.325 e. The minimum atomic E-state index is -1.28. The Morgan fingerprint density at radius 2 is 1.90 bits per heavy atom. The molecular formula is C20H19N3O6. The molecule has 2 aromatic rings. The van der Waals surface area contributed by atoms with Gasteiger partial charge in [-0.1, -0.05) is 18.2 Å². The van der Waals surface area contributed by atoms with Gasteiger partial charge in [-0.2, -0.15) is 0 Å². The first kappa shape index (κ1) is 18.7. The van der Waals surface area contributed by atoms with Crippen molar-refractivity contribution >= 4 is 17.6 Å². The summed E-state index contributed by atoms with van der Waals surface area (Å²) in [7, 11) is 0. The summed E-state index contributed by atoms with van der Waals surface area (Å²) in [5.74, 6) is 0.684. The largest absolute Gasteiger partial charge is 0.490 e. The number of carbonyl (C=O) groups excluding carboxylic acids is 2. The fourth-order valence-electron chi connectivity index (χ4n) is 3.46. The van der Waals surface area contributed by atoms with Gasteiger partial charge in [0.2, 0.25) is 0 Å². The highest BCUT2D eigenvalue weighted by atomic mass is 16.6. The Labute approximate surface area is 166 Å². The summed E-state index contributed by atoms with van der Waals surface area (Å²) >= 11 is 0. The van der Waals surface area contributed by atoms with Crippen LogP contribution in [-0.2, 0) is 16.9 Å². The SMILES string of the molecule is C[C@]1(c2ccc3c(c2)OCCCO3)NC(=O)N(Cc2cccc([N+](=O)[O-])c2)C1=O. The van der Waals surface area contributed by atoms with Crippen LogP contribution < -0.4 is 14.8 Å². The van der Waals surface area contributed by atoms with Crippen LogP contribution in [0.3, 0.4) is 0 Å². The quantitative estimate of drug-likeness (QED) is 0.482. The zero-order chi connectivity index (χ0) is 20.6.